The highest BCUT2D eigenvalue weighted by Gasteiger charge is 2.48. The van der Waals surface area contributed by atoms with Crippen molar-refractivity contribution >= 4 is 35.0 Å². The van der Waals surface area contributed by atoms with E-state index in [2.05, 4.69) is 20.8 Å². The predicted octanol–water partition coefficient (Wildman–Crippen LogP) is 6.91. The van der Waals surface area contributed by atoms with E-state index < -0.39 is 47.6 Å². The Kier molecular flexibility index (Phi) is 18.0. The summed E-state index contributed by atoms with van der Waals surface area (Å²) in [6, 6.07) is 5.97. The molecule has 1 rings (SSSR count). The van der Waals surface area contributed by atoms with Crippen LogP contribution in [0.5, 0.6) is 0 Å². The molecule has 1 aliphatic rings. The van der Waals surface area contributed by atoms with Gasteiger partial charge in [0, 0.05) is 39.1 Å². The summed E-state index contributed by atoms with van der Waals surface area (Å²) in [6.07, 6.45) is -2.38. The lowest BCUT2D eigenvalue weighted by molar-refractivity contribution is -0.145. The molecule has 0 radical (unpaired) electrons. The summed E-state index contributed by atoms with van der Waals surface area (Å²) < 4.78 is 81.4. The molecule has 14 heteroatoms. The number of halogens is 3. The van der Waals surface area contributed by atoms with Gasteiger partial charge in [-0.3, -0.25) is 0 Å². The summed E-state index contributed by atoms with van der Waals surface area (Å²) in [5, 5.41) is 0. The molecule has 228 valence electrons. The lowest BCUT2D eigenvalue weighted by Gasteiger charge is -2.41. The van der Waals surface area contributed by atoms with Crippen molar-refractivity contribution in [1.29, 1.82) is 0 Å². The van der Waals surface area contributed by atoms with Crippen LogP contribution in [0.25, 0.3) is 0 Å². The summed E-state index contributed by atoms with van der Waals surface area (Å²) in [6.45, 7) is 14.7. The van der Waals surface area contributed by atoms with Crippen molar-refractivity contribution in [2.45, 2.75) is 116 Å². The van der Waals surface area contributed by atoms with Crippen LogP contribution >= 0.6 is 0 Å². The summed E-state index contributed by atoms with van der Waals surface area (Å²) in [7, 11) is -9.57. The van der Waals surface area contributed by atoms with E-state index in [0.717, 1.165) is 55.5 Å². The zero-order valence-corrected chi connectivity index (χ0v) is 28.7. The molecular weight excluding hydrogens is 570 g/mol. The molecule has 0 N–H and O–H groups in total. The van der Waals surface area contributed by atoms with Crippen molar-refractivity contribution in [3.63, 3.8) is 0 Å². The monoisotopic (exact) mass is 622 g/mol. The first-order valence-electron chi connectivity index (χ1n) is 14.6. The van der Waals surface area contributed by atoms with Gasteiger partial charge in [0.05, 0.1) is 13.0 Å². The summed E-state index contributed by atoms with van der Waals surface area (Å²) in [4.78, 5) is 0. The minimum Gasteiger partial charge on any atom is -0.438 e. The molecule has 1 fully saturated rings. The second-order valence-electron chi connectivity index (χ2n) is 9.74. The normalized spacial score (nSPS) is 26.0. The summed E-state index contributed by atoms with van der Waals surface area (Å²) in [5.41, 5.74) is 0. The molecule has 1 aliphatic heterocycles. The minimum atomic E-state index is -4.18. The number of alkyl halides is 3. The maximum absolute atomic E-state index is 12.4. The second kappa shape index (κ2) is 18.7. The number of hydrogen-bond donors (Lipinski definition) is 0. The number of hydrogen-bond acceptors (Lipinski definition) is 7. The third-order valence-corrected chi connectivity index (χ3v) is 23.7. The molecular formula is C24H53F3O7Si4. The fourth-order valence-electron chi connectivity index (χ4n) is 4.85. The van der Waals surface area contributed by atoms with Gasteiger partial charge >= 0.3 is 32.8 Å². The standard InChI is InChI=1S/C24H53F3O7Si4/c1-7-29-38(30-8-2,31-9-3)23-22-37(12-6)32-18-13-14-20-36(11-5,33-35(10-4)34-37)21-15-17-28-19-16-24(25,26)27/h35H,7-23H2,1-6H3. The lowest BCUT2D eigenvalue weighted by Crippen LogP contribution is -2.54. The van der Waals surface area contributed by atoms with Crippen LogP contribution in [0.1, 0.15) is 67.2 Å². The molecule has 0 aromatic heterocycles. The molecule has 0 aromatic carbocycles. The van der Waals surface area contributed by atoms with Crippen molar-refractivity contribution < 1.29 is 43.8 Å². The van der Waals surface area contributed by atoms with Crippen molar-refractivity contribution in [3.8, 4) is 0 Å². The quantitative estimate of drug-likeness (QED) is 0.122. The van der Waals surface area contributed by atoms with E-state index in [-0.39, 0.29) is 6.61 Å². The van der Waals surface area contributed by atoms with Crippen LogP contribution in [0.4, 0.5) is 13.2 Å². The Morgan fingerprint density at radius 1 is 0.842 bits per heavy atom. The van der Waals surface area contributed by atoms with E-state index in [1.807, 2.05) is 20.8 Å². The molecule has 7 nitrogen and oxygen atoms in total. The van der Waals surface area contributed by atoms with E-state index in [1.165, 1.54) is 0 Å². The van der Waals surface area contributed by atoms with Gasteiger partial charge in [-0.15, -0.1) is 0 Å². The minimum absolute atomic E-state index is 0.279. The van der Waals surface area contributed by atoms with Gasteiger partial charge in [0.15, 0.2) is 8.32 Å². The SMILES string of the molecule is CCO[Si](CC[Si]1(CC)OCCCC[Si](CC)(CCCOCCC(F)(F)F)O[SiH](CC)O1)(OCC)OCC. The molecule has 38 heavy (non-hydrogen) atoms. The van der Waals surface area contributed by atoms with Crippen molar-refractivity contribution in [2.75, 3.05) is 39.6 Å². The zero-order chi connectivity index (χ0) is 28.5. The van der Waals surface area contributed by atoms with Crippen LogP contribution in [-0.4, -0.2) is 80.8 Å². The van der Waals surface area contributed by atoms with Gasteiger partial charge in [-0.1, -0.05) is 27.2 Å². The van der Waals surface area contributed by atoms with Crippen molar-refractivity contribution in [3.05, 3.63) is 0 Å². The van der Waals surface area contributed by atoms with Gasteiger partial charge in [0.2, 0.25) is 0 Å². The van der Waals surface area contributed by atoms with E-state index in [1.54, 1.807) is 0 Å². The topological polar surface area (TPSA) is 64.6 Å². The van der Waals surface area contributed by atoms with E-state index >= 15 is 0 Å². The summed E-state index contributed by atoms with van der Waals surface area (Å²) >= 11 is 0. The van der Waals surface area contributed by atoms with Crippen molar-refractivity contribution in [1.82, 2.24) is 0 Å². The Morgan fingerprint density at radius 3 is 2.03 bits per heavy atom. The van der Waals surface area contributed by atoms with E-state index in [9.17, 15) is 13.2 Å². The Hall–Kier alpha value is 0.378. The Bertz CT molecular complexity index is 607. The molecule has 3 unspecified atom stereocenters. The molecule has 3 atom stereocenters. The predicted molar refractivity (Wildman–Crippen MR) is 153 cm³/mol. The van der Waals surface area contributed by atoms with Crippen LogP contribution in [0.15, 0.2) is 0 Å². The van der Waals surface area contributed by atoms with Gasteiger partial charge in [-0.25, -0.2) is 0 Å². The zero-order valence-electron chi connectivity index (χ0n) is 24.6. The third-order valence-electron chi connectivity index (χ3n) is 6.99. The van der Waals surface area contributed by atoms with Crippen LogP contribution < -0.4 is 0 Å². The van der Waals surface area contributed by atoms with E-state index in [0.29, 0.717) is 39.1 Å². The number of ether oxygens (including phenoxy) is 1. The van der Waals surface area contributed by atoms with Crippen LogP contribution in [-0.2, 0) is 30.7 Å². The lowest BCUT2D eigenvalue weighted by atomic mass is 10.4. The Balaban J connectivity index is 2.96. The maximum Gasteiger partial charge on any atom is 0.500 e. The first kappa shape index (κ1) is 36.4. The van der Waals surface area contributed by atoms with Crippen LogP contribution in [0, 0.1) is 0 Å². The first-order chi connectivity index (χ1) is 18.1. The average molecular weight is 623 g/mol. The average Bonchev–Trinajstić information content (AvgIpc) is 2.88. The molecule has 0 bridgehead atoms. The van der Waals surface area contributed by atoms with Gasteiger partial charge in [-0.2, -0.15) is 13.2 Å². The molecule has 0 aliphatic carbocycles. The van der Waals surface area contributed by atoms with E-state index in [4.69, 9.17) is 30.7 Å². The van der Waals surface area contributed by atoms with Gasteiger partial charge in [-0.05, 0) is 69.9 Å². The largest absolute Gasteiger partial charge is 0.500 e. The summed E-state index contributed by atoms with van der Waals surface area (Å²) in [5.74, 6) is 0. The molecule has 0 aromatic rings. The van der Waals surface area contributed by atoms with Crippen molar-refractivity contribution in [2.24, 2.45) is 0 Å². The van der Waals surface area contributed by atoms with Gasteiger partial charge < -0.3 is 30.7 Å². The molecule has 0 saturated carbocycles. The van der Waals surface area contributed by atoms with Crippen LogP contribution in [0.2, 0.25) is 42.3 Å². The van der Waals surface area contributed by atoms with Crippen LogP contribution in [0.3, 0.4) is 0 Å². The Morgan fingerprint density at radius 2 is 1.50 bits per heavy atom. The fourth-order valence-corrected chi connectivity index (χ4v) is 22.6. The smallest absolute Gasteiger partial charge is 0.438 e. The fraction of sp³-hybridized carbons (Fsp3) is 1.00. The highest BCUT2D eigenvalue weighted by Crippen LogP contribution is 2.34. The Labute approximate surface area is 234 Å². The molecule has 0 spiro atoms. The van der Waals surface area contributed by atoms with Gasteiger partial charge in [0.1, 0.15) is 0 Å². The molecule has 0 amide bonds. The highest BCUT2D eigenvalue weighted by atomic mass is 28.5. The molecule has 1 saturated heterocycles. The maximum atomic E-state index is 12.4. The third kappa shape index (κ3) is 13.4. The van der Waals surface area contributed by atoms with Gasteiger partial charge in [0.25, 0.3) is 0 Å². The first-order valence-corrected chi connectivity index (χ1v) is 23.1. The highest BCUT2D eigenvalue weighted by molar-refractivity contribution is 6.82. The second-order valence-corrected chi connectivity index (χ2v) is 23.4. The number of rotatable bonds is 18. The molecule has 1 heterocycles.